The van der Waals surface area contributed by atoms with E-state index in [1.165, 1.54) is 17.2 Å². The van der Waals surface area contributed by atoms with Crippen molar-refractivity contribution in [2.75, 3.05) is 5.32 Å². The van der Waals surface area contributed by atoms with Crippen molar-refractivity contribution in [3.05, 3.63) is 62.9 Å². The van der Waals surface area contributed by atoms with E-state index in [-0.39, 0.29) is 5.82 Å². The fourth-order valence-corrected chi connectivity index (χ4v) is 2.33. The van der Waals surface area contributed by atoms with Crippen LogP contribution in [0.1, 0.15) is 22.3 Å². The number of hydrogen-bond acceptors (Lipinski definition) is 1. The van der Waals surface area contributed by atoms with Crippen molar-refractivity contribution in [3.8, 4) is 0 Å². The van der Waals surface area contributed by atoms with Gasteiger partial charge in [0.2, 0.25) is 0 Å². The molecule has 1 N–H and O–H groups in total. The first-order valence-electron chi connectivity index (χ1n) is 6.23. The van der Waals surface area contributed by atoms with Crippen LogP contribution < -0.4 is 5.32 Å². The second kappa shape index (κ2) is 5.74. The summed E-state index contributed by atoms with van der Waals surface area (Å²) in [5.41, 5.74) is 5.58. The van der Waals surface area contributed by atoms with E-state index in [0.717, 1.165) is 21.3 Å². The molecule has 0 aromatic heterocycles. The minimum Gasteiger partial charge on any atom is -0.381 e. The van der Waals surface area contributed by atoms with Crippen LogP contribution in [0.5, 0.6) is 0 Å². The molecule has 3 heteroatoms. The van der Waals surface area contributed by atoms with Gasteiger partial charge in [-0.1, -0.05) is 22.0 Å². The Balaban J connectivity index is 2.14. The van der Waals surface area contributed by atoms with Crippen LogP contribution in [0.25, 0.3) is 0 Å². The van der Waals surface area contributed by atoms with E-state index >= 15 is 0 Å². The highest BCUT2D eigenvalue weighted by molar-refractivity contribution is 9.10. The van der Waals surface area contributed by atoms with Gasteiger partial charge in [0, 0.05) is 16.7 Å². The van der Waals surface area contributed by atoms with Crippen molar-refractivity contribution in [1.82, 2.24) is 0 Å². The lowest BCUT2D eigenvalue weighted by atomic mass is 10.1. The zero-order valence-electron chi connectivity index (χ0n) is 11.3. The average Bonchev–Trinajstić information content (AvgIpc) is 2.34. The lowest BCUT2D eigenvalue weighted by Gasteiger charge is -2.12. The quantitative estimate of drug-likeness (QED) is 0.826. The summed E-state index contributed by atoms with van der Waals surface area (Å²) in [6.45, 7) is 6.78. The number of halogens is 2. The highest BCUT2D eigenvalue weighted by atomic mass is 79.9. The number of hydrogen-bond donors (Lipinski definition) is 1. The van der Waals surface area contributed by atoms with E-state index in [1.807, 2.05) is 13.0 Å². The van der Waals surface area contributed by atoms with E-state index < -0.39 is 0 Å². The van der Waals surface area contributed by atoms with Crippen molar-refractivity contribution in [1.29, 1.82) is 0 Å². The standard InChI is InChI=1S/C16H17BrFN/c1-10-6-14(18)5-4-13(10)9-19-15-7-11(2)16(17)12(3)8-15/h4-8,19H,9H2,1-3H3. The second-order valence-corrected chi connectivity index (χ2v) is 5.64. The maximum Gasteiger partial charge on any atom is 0.123 e. The molecule has 0 saturated carbocycles. The Bertz CT molecular complexity index is 585. The molecule has 0 aliphatic carbocycles. The molecule has 0 heterocycles. The highest BCUT2D eigenvalue weighted by Crippen LogP contribution is 2.25. The third-order valence-electron chi connectivity index (χ3n) is 3.22. The minimum atomic E-state index is -0.184. The van der Waals surface area contributed by atoms with Gasteiger partial charge >= 0.3 is 0 Å². The van der Waals surface area contributed by atoms with Gasteiger partial charge in [0.25, 0.3) is 0 Å². The summed E-state index contributed by atoms with van der Waals surface area (Å²) < 4.78 is 14.2. The van der Waals surface area contributed by atoms with Crippen molar-refractivity contribution >= 4 is 21.6 Å². The van der Waals surface area contributed by atoms with Gasteiger partial charge in [-0.2, -0.15) is 0 Å². The summed E-state index contributed by atoms with van der Waals surface area (Å²) in [6, 6.07) is 9.11. The molecule has 2 rings (SSSR count). The molecule has 0 aliphatic rings. The molecule has 0 aliphatic heterocycles. The number of aryl methyl sites for hydroxylation is 3. The summed E-state index contributed by atoms with van der Waals surface area (Å²) in [5.74, 6) is -0.184. The molecule has 0 radical (unpaired) electrons. The first-order chi connectivity index (χ1) is 8.97. The van der Waals surface area contributed by atoms with Crippen molar-refractivity contribution in [3.63, 3.8) is 0 Å². The summed E-state index contributed by atoms with van der Waals surface area (Å²) >= 11 is 3.56. The van der Waals surface area contributed by atoms with Crippen LogP contribution in [-0.2, 0) is 6.54 Å². The van der Waals surface area contributed by atoms with Gasteiger partial charge in [0.1, 0.15) is 5.82 Å². The molecule has 0 atom stereocenters. The molecule has 0 spiro atoms. The molecule has 0 fully saturated rings. The summed E-state index contributed by atoms with van der Waals surface area (Å²) in [4.78, 5) is 0. The smallest absolute Gasteiger partial charge is 0.123 e. The van der Waals surface area contributed by atoms with Crippen LogP contribution in [0.4, 0.5) is 10.1 Å². The normalized spacial score (nSPS) is 10.6. The highest BCUT2D eigenvalue weighted by Gasteiger charge is 2.04. The Morgan fingerprint density at radius 3 is 2.21 bits per heavy atom. The maximum absolute atomic E-state index is 13.0. The van der Waals surface area contributed by atoms with E-state index in [2.05, 4.69) is 47.2 Å². The Hall–Kier alpha value is -1.35. The minimum absolute atomic E-state index is 0.184. The molecule has 0 bridgehead atoms. The molecular formula is C16H17BrFN. The van der Waals surface area contributed by atoms with E-state index in [0.29, 0.717) is 6.54 Å². The van der Waals surface area contributed by atoms with Crippen molar-refractivity contribution in [2.45, 2.75) is 27.3 Å². The molecule has 100 valence electrons. The molecule has 2 aromatic carbocycles. The SMILES string of the molecule is Cc1cc(F)ccc1CNc1cc(C)c(Br)c(C)c1. The van der Waals surface area contributed by atoms with Gasteiger partial charge in [0.05, 0.1) is 0 Å². The largest absolute Gasteiger partial charge is 0.381 e. The van der Waals surface area contributed by atoms with Gasteiger partial charge in [-0.05, 0) is 67.3 Å². The lowest BCUT2D eigenvalue weighted by Crippen LogP contribution is -2.02. The second-order valence-electron chi connectivity index (χ2n) is 4.85. The van der Waals surface area contributed by atoms with Crippen molar-refractivity contribution in [2.24, 2.45) is 0 Å². The fraction of sp³-hybridized carbons (Fsp3) is 0.250. The zero-order valence-corrected chi connectivity index (χ0v) is 12.9. The topological polar surface area (TPSA) is 12.0 Å². The summed E-state index contributed by atoms with van der Waals surface area (Å²) in [5, 5.41) is 3.39. The van der Waals surface area contributed by atoms with E-state index in [4.69, 9.17) is 0 Å². The molecule has 0 amide bonds. The fourth-order valence-electron chi connectivity index (χ4n) is 2.10. The first-order valence-corrected chi connectivity index (χ1v) is 7.02. The number of rotatable bonds is 3. The number of nitrogens with one attached hydrogen (secondary N) is 1. The van der Waals surface area contributed by atoms with Gasteiger partial charge in [-0.15, -0.1) is 0 Å². The Morgan fingerprint density at radius 2 is 1.63 bits per heavy atom. The van der Waals surface area contributed by atoms with Crippen LogP contribution in [0.15, 0.2) is 34.8 Å². The van der Waals surface area contributed by atoms with Crippen LogP contribution in [0.3, 0.4) is 0 Å². The maximum atomic E-state index is 13.0. The average molecular weight is 322 g/mol. The van der Waals surface area contributed by atoms with Crippen LogP contribution >= 0.6 is 15.9 Å². The molecular weight excluding hydrogens is 305 g/mol. The predicted molar refractivity (Wildman–Crippen MR) is 82.1 cm³/mol. The monoisotopic (exact) mass is 321 g/mol. The molecule has 0 saturated heterocycles. The molecule has 1 nitrogen and oxygen atoms in total. The van der Waals surface area contributed by atoms with Crippen LogP contribution in [-0.4, -0.2) is 0 Å². The Kier molecular flexibility index (Phi) is 4.25. The molecule has 2 aromatic rings. The third kappa shape index (κ3) is 3.35. The third-order valence-corrected chi connectivity index (χ3v) is 4.47. The molecule has 0 unspecified atom stereocenters. The van der Waals surface area contributed by atoms with Crippen LogP contribution in [0.2, 0.25) is 0 Å². The van der Waals surface area contributed by atoms with Crippen molar-refractivity contribution < 1.29 is 4.39 Å². The lowest BCUT2D eigenvalue weighted by molar-refractivity contribution is 0.625. The zero-order chi connectivity index (χ0) is 14.0. The van der Waals surface area contributed by atoms with Gasteiger partial charge in [0.15, 0.2) is 0 Å². The van der Waals surface area contributed by atoms with Gasteiger partial charge in [-0.3, -0.25) is 0 Å². The summed E-state index contributed by atoms with van der Waals surface area (Å²) in [6.07, 6.45) is 0. The van der Waals surface area contributed by atoms with E-state index in [1.54, 1.807) is 6.07 Å². The van der Waals surface area contributed by atoms with E-state index in [9.17, 15) is 4.39 Å². The van der Waals surface area contributed by atoms with Gasteiger partial charge < -0.3 is 5.32 Å². The predicted octanol–water partition coefficient (Wildman–Crippen LogP) is 5.13. The van der Waals surface area contributed by atoms with Crippen LogP contribution in [0, 0.1) is 26.6 Å². The first kappa shape index (κ1) is 14.1. The number of benzene rings is 2. The number of anilines is 1. The Labute approximate surface area is 122 Å². The summed E-state index contributed by atoms with van der Waals surface area (Å²) in [7, 11) is 0. The molecule has 19 heavy (non-hydrogen) atoms. The Morgan fingerprint density at radius 1 is 1.00 bits per heavy atom. The van der Waals surface area contributed by atoms with Gasteiger partial charge in [-0.25, -0.2) is 4.39 Å².